The van der Waals surface area contributed by atoms with Crippen LogP contribution in [0.1, 0.15) is 0 Å². The molecular weight excluding hydrogens is 556 g/mol. The third-order valence-corrected chi connectivity index (χ3v) is 6.57. The van der Waals surface area contributed by atoms with Crippen molar-refractivity contribution < 1.29 is 36.0 Å². The van der Waals surface area contributed by atoms with Crippen molar-refractivity contribution in [1.82, 2.24) is 15.0 Å². The molecule has 3 aromatic carbocycles. The van der Waals surface area contributed by atoms with Gasteiger partial charge < -0.3 is 15.7 Å². The second-order valence-corrected chi connectivity index (χ2v) is 10.5. The van der Waals surface area contributed by atoms with Crippen molar-refractivity contribution in [3.05, 3.63) is 63.9 Å². The number of aromatic nitrogens is 3. The number of hydrogen-bond donors (Lipinski definition) is 5. The molecule has 0 bridgehead atoms. The predicted octanol–water partition coefficient (Wildman–Crippen LogP) is 3.27. The van der Waals surface area contributed by atoms with Crippen LogP contribution in [0.25, 0.3) is 10.8 Å². The molecule has 192 valence electrons. The second-order valence-electron chi connectivity index (χ2n) is 7.27. The average Bonchev–Trinajstić information content (AvgIpc) is 2.77. The van der Waals surface area contributed by atoms with Crippen LogP contribution in [0.4, 0.5) is 29.0 Å². The van der Waals surface area contributed by atoms with Crippen molar-refractivity contribution in [2.75, 3.05) is 10.6 Å². The van der Waals surface area contributed by atoms with E-state index in [4.69, 9.17) is 11.6 Å². The number of nitro benzene ring substituents is 1. The van der Waals surface area contributed by atoms with Crippen molar-refractivity contribution >= 4 is 71.6 Å². The van der Waals surface area contributed by atoms with Gasteiger partial charge in [0, 0.05) is 29.3 Å². The van der Waals surface area contributed by atoms with E-state index in [-0.39, 0.29) is 45.0 Å². The Morgan fingerprint density at radius 2 is 1.46 bits per heavy atom. The summed E-state index contributed by atoms with van der Waals surface area (Å²) in [5.74, 6) is -1.14. The average molecular weight is 569 g/mol. The zero-order chi connectivity index (χ0) is 27.1. The Hall–Kier alpha value is -4.16. The van der Waals surface area contributed by atoms with Crippen LogP contribution in [-0.4, -0.2) is 50.9 Å². The highest BCUT2D eigenvalue weighted by Gasteiger charge is 2.20. The monoisotopic (exact) mass is 568 g/mol. The van der Waals surface area contributed by atoms with Crippen LogP contribution in [0, 0.1) is 10.1 Å². The molecule has 1 heterocycles. The van der Waals surface area contributed by atoms with Crippen molar-refractivity contribution in [3.63, 3.8) is 0 Å². The summed E-state index contributed by atoms with van der Waals surface area (Å²) in [7, 11) is -9.60. The van der Waals surface area contributed by atoms with Gasteiger partial charge in [-0.15, -0.1) is 0 Å². The molecule has 4 aromatic rings. The number of non-ortho nitro benzene ring substituents is 1. The molecule has 0 unspecified atom stereocenters. The van der Waals surface area contributed by atoms with Crippen molar-refractivity contribution in [3.8, 4) is 5.75 Å². The fourth-order valence-corrected chi connectivity index (χ4v) is 4.48. The standard InChI is InChI=1S/C19H13ClN6O9S2/c20-17-23-18(21-10-2-1-3-11(6-10)26(28)29)25-19(24-17)22-14-7-12(36(30,31)32)4-9-5-13(37(33,34)35)8-15(27)16(9)14/h1-8,27H,(H,30,31,32)(H,33,34,35)(H2,21,22,23,24,25). The summed E-state index contributed by atoms with van der Waals surface area (Å²) in [6, 6.07) is 8.77. The van der Waals surface area contributed by atoms with Crippen LogP contribution < -0.4 is 10.6 Å². The highest BCUT2D eigenvalue weighted by Crippen LogP contribution is 2.37. The van der Waals surface area contributed by atoms with Crippen LogP contribution in [0.3, 0.4) is 0 Å². The van der Waals surface area contributed by atoms with Crippen LogP contribution in [0.2, 0.25) is 5.28 Å². The molecule has 0 fully saturated rings. The van der Waals surface area contributed by atoms with Crippen LogP contribution in [0.5, 0.6) is 5.75 Å². The molecule has 15 nitrogen and oxygen atoms in total. The number of phenols is 1. The number of halogens is 1. The number of nitrogens with zero attached hydrogens (tertiary/aromatic N) is 4. The first-order valence-electron chi connectivity index (χ1n) is 9.66. The molecule has 1 aromatic heterocycles. The largest absolute Gasteiger partial charge is 0.507 e. The minimum atomic E-state index is -4.82. The zero-order valence-electron chi connectivity index (χ0n) is 17.9. The maximum atomic E-state index is 11.8. The van der Waals surface area contributed by atoms with Crippen LogP contribution in [0.15, 0.2) is 58.3 Å². The molecule has 18 heteroatoms. The summed E-state index contributed by atoms with van der Waals surface area (Å²) < 4.78 is 65.6. The number of hydrogen-bond acceptors (Lipinski definition) is 12. The fourth-order valence-electron chi connectivity index (χ4n) is 3.24. The number of fused-ring (bicyclic) bond motifs is 1. The van der Waals surface area contributed by atoms with E-state index >= 15 is 0 Å². The molecule has 0 aliphatic heterocycles. The molecule has 0 radical (unpaired) electrons. The van der Waals surface area contributed by atoms with Crippen LogP contribution in [-0.2, 0) is 20.2 Å². The molecule has 5 N–H and O–H groups in total. The molecule has 4 rings (SSSR count). The van der Waals surface area contributed by atoms with Gasteiger partial charge in [-0.2, -0.15) is 31.8 Å². The Kier molecular flexibility index (Phi) is 6.57. The predicted molar refractivity (Wildman–Crippen MR) is 130 cm³/mol. The molecule has 0 atom stereocenters. The van der Waals surface area contributed by atoms with Gasteiger partial charge >= 0.3 is 0 Å². The summed E-state index contributed by atoms with van der Waals surface area (Å²) in [6.45, 7) is 0. The number of aromatic hydroxyl groups is 1. The van der Waals surface area contributed by atoms with Crippen molar-refractivity contribution in [2.24, 2.45) is 0 Å². The molecule has 0 saturated heterocycles. The topological polar surface area (TPSA) is 235 Å². The quantitative estimate of drug-likeness (QED) is 0.122. The summed E-state index contributed by atoms with van der Waals surface area (Å²) in [5, 5.41) is 26.1. The van der Waals surface area contributed by atoms with Gasteiger partial charge in [-0.3, -0.25) is 19.2 Å². The second kappa shape index (κ2) is 9.37. The summed E-state index contributed by atoms with van der Waals surface area (Å²) in [6.07, 6.45) is 0. The van der Waals surface area contributed by atoms with Gasteiger partial charge in [0.2, 0.25) is 17.2 Å². The van der Waals surface area contributed by atoms with E-state index in [0.29, 0.717) is 0 Å². The van der Waals surface area contributed by atoms with Gasteiger partial charge in [-0.05, 0) is 41.3 Å². The van der Waals surface area contributed by atoms with Gasteiger partial charge in [-0.25, -0.2) is 0 Å². The lowest BCUT2D eigenvalue weighted by Crippen LogP contribution is -2.06. The smallest absolute Gasteiger partial charge is 0.294 e. The Labute approximate surface area is 212 Å². The lowest BCUT2D eigenvalue weighted by atomic mass is 10.1. The van der Waals surface area contributed by atoms with E-state index in [0.717, 1.165) is 24.3 Å². The SMILES string of the molecule is O=[N+]([O-])c1cccc(Nc2nc(Cl)nc(Nc3cc(S(=O)(=O)O)cc4cc(S(=O)(=O)O)cc(O)c34)n2)c1. The Morgan fingerprint density at radius 3 is 2.05 bits per heavy atom. The highest BCUT2D eigenvalue weighted by atomic mass is 35.5. The maximum absolute atomic E-state index is 11.8. The highest BCUT2D eigenvalue weighted by molar-refractivity contribution is 7.86. The number of nitrogens with one attached hydrogen (secondary N) is 2. The molecule has 0 amide bonds. The van der Waals surface area contributed by atoms with Crippen molar-refractivity contribution in [2.45, 2.75) is 9.79 Å². The first-order valence-corrected chi connectivity index (χ1v) is 12.9. The third-order valence-electron chi connectivity index (χ3n) is 4.74. The minimum absolute atomic E-state index is 0.121. The summed E-state index contributed by atoms with van der Waals surface area (Å²) in [5.41, 5.74) is -0.179. The van der Waals surface area contributed by atoms with E-state index in [1.165, 1.54) is 24.3 Å². The summed E-state index contributed by atoms with van der Waals surface area (Å²) in [4.78, 5) is 20.7. The molecule has 0 spiro atoms. The van der Waals surface area contributed by atoms with E-state index in [1.807, 2.05) is 0 Å². The Bertz CT molecular complexity index is 1790. The Morgan fingerprint density at radius 1 is 0.865 bits per heavy atom. The van der Waals surface area contributed by atoms with Crippen molar-refractivity contribution in [1.29, 1.82) is 0 Å². The maximum Gasteiger partial charge on any atom is 0.294 e. The molecule has 37 heavy (non-hydrogen) atoms. The van der Waals surface area contributed by atoms with Gasteiger partial charge in [-0.1, -0.05) is 6.07 Å². The molecule has 0 saturated carbocycles. The lowest BCUT2D eigenvalue weighted by molar-refractivity contribution is -0.384. The number of rotatable bonds is 7. The van der Waals surface area contributed by atoms with E-state index < -0.39 is 40.7 Å². The lowest BCUT2D eigenvalue weighted by Gasteiger charge is -2.14. The van der Waals surface area contributed by atoms with E-state index in [2.05, 4.69) is 25.6 Å². The van der Waals surface area contributed by atoms with E-state index in [9.17, 15) is 41.2 Å². The van der Waals surface area contributed by atoms with Crippen LogP contribution >= 0.6 is 11.6 Å². The zero-order valence-corrected chi connectivity index (χ0v) is 20.3. The first-order chi connectivity index (χ1) is 17.2. The molecule has 0 aliphatic carbocycles. The van der Waals surface area contributed by atoms with Gasteiger partial charge in [0.05, 0.1) is 20.4 Å². The van der Waals surface area contributed by atoms with Gasteiger partial charge in [0.1, 0.15) is 5.75 Å². The third kappa shape index (κ3) is 5.81. The number of anilines is 4. The van der Waals surface area contributed by atoms with E-state index in [1.54, 1.807) is 0 Å². The minimum Gasteiger partial charge on any atom is -0.507 e. The molecule has 0 aliphatic rings. The van der Waals surface area contributed by atoms with Gasteiger partial charge in [0.15, 0.2) is 0 Å². The normalized spacial score (nSPS) is 11.9. The Balaban J connectivity index is 1.82. The van der Waals surface area contributed by atoms with Gasteiger partial charge in [0.25, 0.3) is 25.9 Å². The first kappa shape index (κ1) is 25.9. The number of nitro groups is 1. The molecular formula is C19H13ClN6O9S2. The number of phenolic OH excluding ortho intramolecular Hbond substituents is 1. The summed E-state index contributed by atoms with van der Waals surface area (Å²) >= 11 is 5.96. The number of benzene rings is 3. The fraction of sp³-hybridized carbons (Fsp3) is 0.